The number of hydrogen-bond donors (Lipinski definition) is 4. The number of rotatable bonds is 5. The predicted octanol–water partition coefficient (Wildman–Crippen LogP) is 4.89. The number of anilines is 2. The van der Waals surface area contributed by atoms with Crippen LogP contribution >= 0.6 is 33.9 Å². The molecule has 3 rings (SSSR count). The molecule has 0 aliphatic carbocycles. The number of aliphatic hydroxyl groups is 1. The summed E-state index contributed by atoms with van der Waals surface area (Å²) in [7, 11) is -2.82. The quantitative estimate of drug-likeness (QED) is 0.209. The van der Waals surface area contributed by atoms with Crippen molar-refractivity contribution in [3.63, 3.8) is 0 Å². The number of hydrogen-bond acceptors (Lipinski definition) is 6. The van der Waals surface area contributed by atoms with Crippen LogP contribution in [0.3, 0.4) is 0 Å². The first-order valence-corrected chi connectivity index (χ1v) is 12.4. The monoisotopic (exact) mass is 541 g/mol. The van der Waals surface area contributed by atoms with E-state index in [-0.39, 0.29) is 5.91 Å². The molecule has 1 amide bonds. The number of alkyl halides is 1. The number of thiophene rings is 1. The van der Waals surface area contributed by atoms with Crippen molar-refractivity contribution in [2.45, 2.75) is 15.4 Å². The topological polar surface area (TPSA) is 116 Å². The summed E-state index contributed by atoms with van der Waals surface area (Å²) in [4.78, 5) is 14.7. The number of nitrogens with two attached hydrogens (primary N) is 1. The van der Waals surface area contributed by atoms with Crippen molar-refractivity contribution in [3.05, 3.63) is 65.0 Å². The summed E-state index contributed by atoms with van der Waals surface area (Å²) in [5, 5.41) is 13.0. The molecule has 1 heterocycles. The second-order valence-electron chi connectivity index (χ2n) is 6.74. The van der Waals surface area contributed by atoms with Gasteiger partial charge < -0.3 is 16.2 Å². The molecule has 0 saturated carbocycles. The standard InChI is InChI=1S/C20H20IN3O3S2/c1-20(21,26)18-10-9-17(28-18)13-5-8-15(22)16(11-13)24-19(25)12-3-6-14(7-4-12)29(2,23)27/h3-11,23,26H,22H2,1-2H3,(H,24,25). The first-order chi connectivity index (χ1) is 13.4. The normalized spacial score (nSPS) is 15.3. The molecule has 2 atom stereocenters. The van der Waals surface area contributed by atoms with Gasteiger partial charge in [0.1, 0.15) is 3.61 Å². The predicted molar refractivity (Wildman–Crippen MR) is 127 cm³/mol. The van der Waals surface area contributed by atoms with Gasteiger partial charge in [0, 0.05) is 26.5 Å². The minimum Gasteiger partial charge on any atom is -0.397 e. The number of benzene rings is 2. The third kappa shape index (κ3) is 5.16. The molecule has 0 bridgehead atoms. The van der Waals surface area contributed by atoms with Gasteiger partial charge in [-0.2, -0.15) is 0 Å². The summed E-state index contributed by atoms with van der Waals surface area (Å²) < 4.78 is 18.4. The van der Waals surface area contributed by atoms with Crippen molar-refractivity contribution in [3.8, 4) is 10.4 Å². The molecular weight excluding hydrogens is 521 g/mol. The van der Waals surface area contributed by atoms with Crippen molar-refractivity contribution < 1.29 is 14.1 Å². The van der Waals surface area contributed by atoms with Crippen molar-refractivity contribution in [2.75, 3.05) is 17.3 Å². The molecule has 2 unspecified atom stereocenters. The Morgan fingerprint density at radius 1 is 1.21 bits per heavy atom. The molecule has 0 radical (unpaired) electrons. The summed E-state index contributed by atoms with van der Waals surface area (Å²) in [6.07, 6.45) is 1.34. The molecule has 3 aromatic rings. The molecule has 5 N–H and O–H groups in total. The number of nitrogens with one attached hydrogen (secondary N) is 2. The zero-order chi connectivity index (χ0) is 21.4. The number of nitrogen functional groups attached to an aromatic ring is 1. The van der Waals surface area contributed by atoms with Gasteiger partial charge in [-0.25, -0.2) is 8.99 Å². The Morgan fingerprint density at radius 3 is 2.41 bits per heavy atom. The second kappa shape index (κ2) is 8.05. The Kier molecular flexibility index (Phi) is 6.04. The van der Waals surface area contributed by atoms with E-state index in [1.54, 1.807) is 19.1 Å². The van der Waals surface area contributed by atoms with Gasteiger partial charge in [0.25, 0.3) is 5.91 Å². The van der Waals surface area contributed by atoms with Crippen LogP contribution in [0.5, 0.6) is 0 Å². The molecule has 2 aromatic carbocycles. The summed E-state index contributed by atoms with van der Waals surface area (Å²) in [5.41, 5.74) is 8.20. The third-order valence-corrected chi connectivity index (χ3v) is 7.67. The zero-order valence-electron chi connectivity index (χ0n) is 15.7. The van der Waals surface area contributed by atoms with Crippen molar-refractivity contribution in [1.29, 1.82) is 4.78 Å². The van der Waals surface area contributed by atoms with Crippen LogP contribution in [-0.4, -0.2) is 21.5 Å². The highest BCUT2D eigenvalue weighted by Crippen LogP contribution is 2.38. The molecule has 0 fully saturated rings. The fourth-order valence-electron chi connectivity index (χ4n) is 2.62. The van der Waals surface area contributed by atoms with Gasteiger partial charge in [0.05, 0.1) is 21.1 Å². The molecular formula is C20H20IN3O3S2. The van der Waals surface area contributed by atoms with E-state index in [0.29, 0.717) is 21.8 Å². The van der Waals surface area contributed by atoms with Gasteiger partial charge in [-0.15, -0.1) is 11.3 Å². The van der Waals surface area contributed by atoms with E-state index >= 15 is 0 Å². The Labute approximate surface area is 187 Å². The largest absolute Gasteiger partial charge is 0.397 e. The molecule has 9 heteroatoms. The van der Waals surface area contributed by atoms with E-state index in [1.807, 2.05) is 40.8 Å². The molecule has 6 nitrogen and oxygen atoms in total. The van der Waals surface area contributed by atoms with Gasteiger partial charge in [0.2, 0.25) is 0 Å². The van der Waals surface area contributed by atoms with Gasteiger partial charge in [-0.1, -0.05) is 6.07 Å². The Bertz CT molecular complexity index is 1160. The first-order valence-electron chi connectivity index (χ1n) is 8.52. The Morgan fingerprint density at radius 2 is 1.86 bits per heavy atom. The van der Waals surface area contributed by atoms with E-state index < -0.39 is 13.3 Å². The lowest BCUT2D eigenvalue weighted by atomic mass is 10.1. The third-order valence-electron chi connectivity index (χ3n) is 4.21. The van der Waals surface area contributed by atoms with Crippen molar-refractivity contribution in [1.82, 2.24) is 0 Å². The molecule has 0 aliphatic rings. The molecule has 0 aliphatic heterocycles. The van der Waals surface area contributed by atoms with Gasteiger partial charge in [-0.05, 0) is 83.6 Å². The van der Waals surface area contributed by atoms with Crippen LogP contribution in [0.2, 0.25) is 0 Å². The van der Waals surface area contributed by atoms with E-state index in [4.69, 9.17) is 10.5 Å². The molecule has 0 spiro atoms. The fourth-order valence-corrected chi connectivity index (χ4v) is 4.72. The average Bonchev–Trinajstić information content (AvgIpc) is 3.13. The highest BCUT2D eigenvalue weighted by Gasteiger charge is 2.21. The van der Waals surface area contributed by atoms with Gasteiger partial charge >= 0.3 is 0 Å². The van der Waals surface area contributed by atoms with Crippen LogP contribution in [0.15, 0.2) is 59.5 Å². The van der Waals surface area contributed by atoms with Crippen LogP contribution in [0.4, 0.5) is 11.4 Å². The number of amides is 1. The average molecular weight is 541 g/mol. The van der Waals surface area contributed by atoms with Crippen LogP contribution in [0.25, 0.3) is 10.4 Å². The molecule has 152 valence electrons. The van der Waals surface area contributed by atoms with E-state index in [0.717, 1.165) is 15.3 Å². The lowest BCUT2D eigenvalue weighted by molar-refractivity contribution is 0.102. The van der Waals surface area contributed by atoms with Crippen LogP contribution < -0.4 is 11.1 Å². The molecule has 29 heavy (non-hydrogen) atoms. The van der Waals surface area contributed by atoms with Crippen LogP contribution in [0, 0.1) is 4.78 Å². The second-order valence-corrected chi connectivity index (χ2v) is 12.1. The van der Waals surface area contributed by atoms with Crippen LogP contribution in [0.1, 0.15) is 22.2 Å². The molecule has 1 aromatic heterocycles. The lowest BCUT2D eigenvalue weighted by Crippen LogP contribution is -2.13. The van der Waals surface area contributed by atoms with E-state index in [2.05, 4.69) is 5.32 Å². The minimum absolute atomic E-state index is 0.352. The SMILES string of the molecule is CC(O)(I)c1ccc(-c2ccc(N)c(NC(=O)c3ccc(S(C)(=N)=O)cc3)c2)s1. The maximum atomic E-state index is 12.6. The molecule has 0 saturated heterocycles. The van der Waals surface area contributed by atoms with E-state index in [1.165, 1.54) is 41.9 Å². The number of carbonyl (C=O) groups is 1. The van der Waals surface area contributed by atoms with Gasteiger partial charge in [-0.3, -0.25) is 4.79 Å². The van der Waals surface area contributed by atoms with Crippen molar-refractivity contribution in [2.24, 2.45) is 0 Å². The summed E-state index contributed by atoms with van der Waals surface area (Å²) in [6.45, 7) is 1.72. The maximum Gasteiger partial charge on any atom is 0.255 e. The van der Waals surface area contributed by atoms with Crippen molar-refractivity contribution >= 4 is 60.9 Å². The number of carbonyl (C=O) groups excluding carboxylic acids is 1. The maximum absolute atomic E-state index is 12.6. The fraction of sp³-hybridized carbons (Fsp3) is 0.150. The Hall–Kier alpha value is -1.95. The number of halogens is 1. The summed E-state index contributed by atoms with van der Waals surface area (Å²) in [5.74, 6) is -0.352. The zero-order valence-corrected chi connectivity index (χ0v) is 19.5. The smallest absolute Gasteiger partial charge is 0.255 e. The van der Waals surface area contributed by atoms with Gasteiger partial charge in [0.15, 0.2) is 0 Å². The highest BCUT2D eigenvalue weighted by molar-refractivity contribution is 14.1. The Balaban J connectivity index is 1.85. The lowest BCUT2D eigenvalue weighted by Gasteiger charge is -2.12. The van der Waals surface area contributed by atoms with E-state index in [9.17, 15) is 14.1 Å². The summed E-state index contributed by atoms with van der Waals surface area (Å²) in [6, 6.07) is 15.3. The minimum atomic E-state index is -2.82. The summed E-state index contributed by atoms with van der Waals surface area (Å²) >= 11 is 3.45. The van der Waals surface area contributed by atoms with Crippen LogP contribution in [-0.2, 0) is 13.3 Å². The highest BCUT2D eigenvalue weighted by atomic mass is 127. The first kappa shape index (κ1) is 21.8.